The average Bonchev–Trinajstić information content (AvgIpc) is 2.97. The van der Waals surface area contributed by atoms with E-state index in [2.05, 4.69) is 56.9 Å². The lowest BCUT2D eigenvalue weighted by Gasteiger charge is -2.43. The predicted molar refractivity (Wildman–Crippen MR) is 163 cm³/mol. The minimum Gasteiger partial charge on any atom is -0.497 e. The highest BCUT2D eigenvalue weighted by atomic mass is 28.4. The van der Waals surface area contributed by atoms with Crippen molar-refractivity contribution in [3.05, 3.63) is 102 Å². The second-order valence-electron chi connectivity index (χ2n) is 10.8. The first-order valence-corrected chi connectivity index (χ1v) is 15.6. The molecule has 3 aromatic rings. The van der Waals surface area contributed by atoms with Crippen LogP contribution in [0.2, 0.25) is 5.04 Å². The molecule has 0 saturated carbocycles. The van der Waals surface area contributed by atoms with Gasteiger partial charge in [0.25, 0.3) is 8.32 Å². The van der Waals surface area contributed by atoms with Crippen molar-refractivity contribution < 1.29 is 23.4 Å². The summed E-state index contributed by atoms with van der Waals surface area (Å²) in [5, 5.41) is 12.5. The van der Waals surface area contributed by atoms with Crippen LogP contribution in [-0.2, 0) is 15.8 Å². The Kier molecular flexibility index (Phi) is 11.7. The molecule has 0 aliphatic heterocycles. The van der Waals surface area contributed by atoms with Crippen LogP contribution in [0.3, 0.4) is 0 Å². The number of benzene rings is 3. The topological polar surface area (TPSA) is 47.9 Å². The SMILES string of the molecule is COc1ccc(CO[C@H](C)CC=C(F)C(O)C#CCCO[Si](c2ccccc2)(c2ccccc2)C(C)(C)C)cc1. The summed E-state index contributed by atoms with van der Waals surface area (Å²) in [5.41, 5.74) is 1.00. The zero-order chi connectivity index (χ0) is 29.0. The first-order chi connectivity index (χ1) is 19.2. The molecule has 0 amide bonds. The number of ether oxygens (including phenoxy) is 2. The van der Waals surface area contributed by atoms with Gasteiger partial charge in [-0.2, -0.15) is 0 Å². The molecule has 212 valence electrons. The zero-order valence-corrected chi connectivity index (χ0v) is 25.2. The molecular weight excluding hydrogens is 519 g/mol. The summed E-state index contributed by atoms with van der Waals surface area (Å²) < 4.78 is 32.3. The van der Waals surface area contributed by atoms with Crippen molar-refractivity contribution in [1.29, 1.82) is 0 Å². The Balaban J connectivity index is 1.57. The molecule has 1 N–H and O–H groups in total. The van der Waals surface area contributed by atoms with E-state index in [1.165, 1.54) is 16.4 Å². The van der Waals surface area contributed by atoms with Crippen LogP contribution in [0.4, 0.5) is 4.39 Å². The van der Waals surface area contributed by atoms with Crippen LogP contribution in [0.1, 0.15) is 46.1 Å². The van der Waals surface area contributed by atoms with Gasteiger partial charge in [0, 0.05) is 13.0 Å². The maximum atomic E-state index is 14.5. The second kappa shape index (κ2) is 15.0. The van der Waals surface area contributed by atoms with E-state index < -0.39 is 20.2 Å². The predicted octanol–water partition coefficient (Wildman–Crippen LogP) is 6.17. The summed E-state index contributed by atoms with van der Waals surface area (Å²) in [7, 11) is -1.02. The van der Waals surface area contributed by atoms with Crippen LogP contribution in [-0.4, -0.2) is 39.3 Å². The third-order valence-electron chi connectivity index (χ3n) is 6.80. The number of hydrogen-bond donors (Lipinski definition) is 1. The fraction of sp³-hybridized carbons (Fsp3) is 0.353. The van der Waals surface area contributed by atoms with Gasteiger partial charge in [-0.25, -0.2) is 4.39 Å². The van der Waals surface area contributed by atoms with Gasteiger partial charge in [-0.3, -0.25) is 0 Å². The third kappa shape index (κ3) is 8.39. The van der Waals surface area contributed by atoms with Crippen LogP contribution in [0.25, 0.3) is 0 Å². The number of hydrogen-bond acceptors (Lipinski definition) is 4. The molecule has 0 saturated heterocycles. The van der Waals surface area contributed by atoms with Gasteiger partial charge < -0.3 is 19.0 Å². The minimum atomic E-state index is -2.65. The van der Waals surface area contributed by atoms with Crippen LogP contribution in [0.15, 0.2) is 96.8 Å². The molecule has 3 aromatic carbocycles. The summed E-state index contributed by atoms with van der Waals surface area (Å²) in [6.07, 6.45) is 0.375. The Hall–Kier alpha value is -3.21. The normalized spacial score (nSPS) is 13.7. The van der Waals surface area contributed by atoms with E-state index in [1.54, 1.807) is 7.11 Å². The van der Waals surface area contributed by atoms with Gasteiger partial charge in [-0.15, -0.1) is 0 Å². The molecule has 1 unspecified atom stereocenters. The largest absolute Gasteiger partial charge is 0.497 e. The molecule has 0 fully saturated rings. The van der Waals surface area contributed by atoms with Gasteiger partial charge >= 0.3 is 0 Å². The van der Waals surface area contributed by atoms with Crippen molar-refractivity contribution in [1.82, 2.24) is 0 Å². The van der Waals surface area contributed by atoms with Crippen molar-refractivity contribution in [2.75, 3.05) is 13.7 Å². The highest BCUT2D eigenvalue weighted by Crippen LogP contribution is 2.36. The van der Waals surface area contributed by atoms with Crippen molar-refractivity contribution in [3.63, 3.8) is 0 Å². The zero-order valence-electron chi connectivity index (χ0n) is 24.2. The van der Waals surface area contributed by atoms with Crippen LogP contribution < -0.4 is 15.1 Å². The third-order valence-corrected chi connectivity index (χ3v) is 11.8. The standard InChI is InChI=1S/C34H41FO4Si/c1-27(38-26-28-20-22-29(37-5)23-21-28)19-24-32(35)33(36)18-12-13-25-39-40(34(2,3)4,30-14-8-6-9-15-30)31-16-10-7-11-17-31/h6-11,14-17,20-24,27,33,36H,13,19,25-26H2,1-5H3/t27-,33?/m1/s1. The van der Waals surface area contributed by atoms with Crippen molar-refractivity contribution in [2.24, 2.45) is 0 Å². The molecule has 0 bridgehead atoms. The van der Waals surface area contributed by atoms with E-state index in [4.69, 9.17) is 13.9 Å². The molecule has 0 aliphatic carbocycles. The van der Waals surface area contributed by atoms with Gasteiger partial charge in [0.15, 0.2) is 6.10 Å². The summed E-state index contributed by atoms with van der Waals surface area (Å²) in [6.45, 7) is 9.32. The Morgan fingerprint density at radius 1 is 0.950 bits per heavy atom. The lowest BCUT2D eigenvalue weighted by molar-refractivity contribution is 0.0546. The molecule has 0 aromatic heterocycles. The molecule has 0 radical (unpaired) electrons. The van der Waals surface area contributed by atoms with E-state index in [9.17, 15) is 9.50 Å². The smallest absolute Gasteiger partial charge is 0.261 e. The van der Waals surface area contributed by atoms with Gasteiger partial charge in [-0.1, -0.05) is 105 Å². The molecule has 3 rings (SSSR count). The lowest BCUT2D eigenvalue weighted by atomic mass is 10.2. The van der Waals surface area contributed by atoms with Gasteiger partial charge in [0.1, 0.15) is 11.6 Å². The molecule has 4 nitrogen and oxygen atoms in total. The average molecular weight is 561 g/mol. The Morgan fingerprint density at radius 2 is 1.52 bits per heavy atom. The van der Waals surface area contributed by atoms with E-state index in [-0.39, 0.29) is 11.1 Å². The molecular formula is C34H41FO4Si. The van der Waals surface area contributed by atoms with Gasteiger partial charge in [-0.05, 0) is 52.5 Å². The molecule has 0 heterocycles. The summed E-state index contributed by atoms with van der Waals surface area (Å²) >= 11 is 0. The first-order valence-electron chi connectivity index (χ1n) is 13.7. The fourth-order valence-electron chi connectivity index (χ4n) is 4.67. The maximum absolute atomic E-state index is 14.5. The second-order valence-corrected chi connectivity index (χ2v) is 15.1. The Bertz CT molecular complexity index is 1220. The molecule has 40 heavy (non-hydrogen) atoms. The highest BCUT2D eigenvalue weighted by Gasteiger charge is 2.49. The van der Waals surface area contributed by atoms with Crippen molar-refractivity contribution in [3.8, 4) is 17.6 Å². The molecule has 2 atom stereocenters. The maximum Gasteiger partial charge on any atom is 0.261 e. The molecule has 0 spiro atoms. The van der Waals surface area contributed by atoms with E-state index in [1.807, 2.05) is 67.6 Å². The van der Waals surface area contributed by atoms with Crippen molar-refractivity contribution in [2.45, 2.75) is 64.4 Å². The highest BCUT2D eigenvalue weighted by molar-refractivity contribution is 6.99. The van der Waals surface area contributed by atoms with Gasteiger partial charge in [0.2, 0.25) is 0 Å². The van der Waals surface area contributed by atoms with Crippen LogP contribution in [0, 0.1) is 11.8 Å². The Labute approximate surface area is 239 Å². The Morgan fingerprint density at radius 3 is 2.05 bits per heavy atom. The summed E-state index contributed by atoms with van der Waals surface area (Å²) in [5.74, 6) is 5.65. The number of methoxy groups -OCH3 is 1. The first kappa shape index (κ1) is 31.3. The molecule has 6 heteroatoms. The number of rotatable bonds is 12. The number of aliphatic hydroxyl groups excluding tert-OH is 1. The van der Waals surface area contributed by atoms with Crippen molar-refractivity contribution >= 4 is 18.7 Å². The van der Waals surface area contributed by atoms with Crippen LogP contribution in [0.5, 0.6) is 5.75 Å². The summed E-state index contributed by atoms with van der Waals surface area (Å²) in [4.78, 5) is 0. The van der Waals surface area contributed by atoms with E-state index >= 15 is 0 Å². The van der Waals surface area contributed by atoms with E-state index in [0.29, 0.717) is 26.1 Å². The summed E-state index contributed by atoms with van der Waals surface area (Å²) in [6, 6.07) is 28.4. The quantitative estimate of drug-likeness (QED) is 0.163. The lowest BCUT2D eigenvalue weighted by Crippen LogP contribution is -2.66. The number of aliphatic hydroxyl groups is 1. The number of halogens is 1. The van der Waals surface area contributed by atoms with Gasteiger partial charge in [0.05, 0.1) is 19.8 Å². The fourth-order valence-corrected chi connectivity index (χ4v) is 9.24. The monoisotopic (exact) mass is 560 g/mol. The minimum absolute atomic E-state index is 0.135. The van der Waals surface area contributed by atoms with E-state index in [0.717, 1.165) is 11.3 Å². The van der Waals surface area contributed by atoms with Crippen LogP contribution >= 0.6 is 0 Å². The molecule has 0 aliphatic rings.